The molecule has 1 saturated heterocycles. The van der Waals surface area contributed by atoms with Crippen LogP contribution in [-0.2, 0) is 17.7 Å². The first kappa shape index (κ1) is 18.6. The highest BCUT2D eigenvalue weighted by molar-refractivity contribution is 5.92. The molecule has 1 aromatic heterocycles. The van der Waals surface area contributed by atoms with E-state index in [1.807, 2.05) is 29.1 Å². The number of carbonyl (C=O) groups excluding carboxylic acids is 1. The van der Waals surface area contributed by atoms with Crippen LogP contribution in [0.2, 0.25) is 0 Å². The molecule has 0 bridgehead atoms. The largest absolute Gasteiger partial charge is 0.372 e. The molecule has 1 fully saturated rings. The van der Waals surface area contributed by atoms with E-state index < -0.39 is 0 Å². The van der Waals surface area contributed by atoms with Crippen molar-refractivity contribution in [3.8, 4) is 0 Å². The summed E-state index contributed by atoms with van der Waals surface area (Å²) >= 11 is 0. The average Bonchev–Trinajstić information content (AvgIpc) is 3.14. The second-order valence-electron chi connectivity index (χ2n) is 6.78. The Bertz CT molecular complexity index is 728. The fourth-order valence-corrected chi connectivity index (χ4v) is 3.63. The van der Waals surface area contributed by atoms with E-state index in [2.05, 4.69) is 23.4 Å². The number of rotatable bonds is 8. The Hall–Kier alpha value is -2.18. The van der Waals surface area contributed by atoms with Gasteiger partial charge in [0.2, 0.25) is 5.91 Å². The van der Waals surface area contributed by atoms with Crippen LogP contribution in [0.15, 0.2) is 36.5 Å². The zero-order valence-electron chi connectivity index (χ0n) is 15.4. The van der Waals surface area contributed by atoms with Crippen LogP contribution in [-0.4, -0.2) is 35.4 Å². The lowest BCUT2D eigenvalue weighted by atomic mass is 9.92. The number of hydrogen-bond donors (Lipinski definition) is 2. The number of aryl methyl sites for hydroxylation is 1. The molecule has 0 aliphatic carbocycles. The monoisotopic (exact) mass is 356 g/mol. The summed E-state index contributed by atoms with van der Waals surface area (Å²) in [5, 5.41) is 7.94. The number of nitrogens with two attached hydrogens (primary N) is 1. The zero-order chi connectivity index (χ0) is 18.4. The maximum atomic E-state index is 11.3. The molecule has 0 unspecified atom stereocenters. The van der Waals surface area contributed by atoms with E-state index in [0.29, 0.717) is 11.5 Å². The number of ether oxygens (including phenoxy) is 1. The predicted molar refractivity (Wildman–Crippen MR) is 101 cm³/mol. The topological polar surface area (TPSA) is 82.2 Å². The van der Waals surface area contributed by atoms with Gasteiger partial charge in [0, 0.05) is 37.4 Å². The molecule has 2 aromatic rings. The van der Waals surface area contributed by atoms with Crippen LogP contribution < -0.4 is 11.1 Å². The summed E-state index contributed by atoms with van der Waals surface area (Å²) in [5.74, 6) is 0.0669. The number of benzene rings is 1. The minimum atomic E-state index is -0.380. The molecule has 0 radical (unpaired) electrons. The van der Waals surface area contributed by atoms with E-state index in [-0.39, 0.29) is 12.0 Å². The number of aromatic nitrogens is 2. The summed E-state index contributed by atoms with van der Waals surface area (Å²) < 4.78 is 8.11. The summed E-state index contributed by atoms with van der Waals surface area (Å²) in [6.45, 7) is 5.55. The Balaban J connectivity index is 1.53. The summed E-state index contributed by atoms with van der Waals surface area (Å²) in [7, 11) is 0. The molecule has 2 heterocycles. The lowest BCUT2D eigenvalue weighted by molar-refractivity contribution is -0.0325. The maximum Gasteiger partial charge on any atom is 0.248 e. The van der Waals surface area contributed by atoms with Gasteiger partial charge in [-0.15, -0.1) is 0 Å². The number of nitrogens with zero attached hydrogens (tertiary/aromatic N) is 2. The third-order valence-electron chi connectivity index (χ3n) is 4.99. The minimum Gasteiger partial charge on any atom is -0.372 e. The smallest absolute Gasteiger partial charge is 0.248 e. The van der Waals surface area contributed by atoms with E-state index in [1.165, 1.54) is 5.69 Å². The Labute approximate surface area is 154 Å². The van der Waals surface area contributed by atoms with Gasteiger partial charge >= 0.3 is 0 Å². The molecular weight excluding hydrogens is 328 g/mol. The first-order valence-electron chi connectivity index (χ1n) is 9.41. The Morgan fingerprint density at radius 2 is 2.31 bits per heavy atom. The summed E-state index contributed by atoms with van der Waals surface area (Å²) in [4.78, 5) is 11.3. The van der Waals surface area contributed by atoms with Crippen molar-refractivity contribution in [2.24, 2.45) is 11.7 Å². The molecule has 3 N–H and O–H groups in total. The summed E-state index contributed by atoms with van der Waals surface area (Å²) in [6, 6.07) is 9.60. The third-order valence-corrected chi connectivity index (χ3v) is 4.99. The lowest BCUT2D eigenvalue weighted by Crippen LogP contribution is -2.33. The van der Waals surface area contributed by atoms with Crippen LogP contribution in [0.1, 0.15) is 47.5 Å². The molecule has 0 spiro atoms. The summed E-state index contributed by atoms with van der Waals surface area (Å²) in [5.41, 5.74) is 8.20. The molecule has 1 aliphatic heterocycles. The van der Waals surface area contributed by atoms with Crippen molar-refractivity contribution in [1.29, 1.82) is 0 Å². The summed E-state index contributed by atoms with van der Waals surface area (Å²) in [6.07, 6.45) is 5.09. The Kier molecular flexibility index (Phi) is 6.41. The van der Waals surface area contributed by atoms with Crippen LogP contribution >= 0.6 is 0 Å². The van der Waals surface area contributed by atoms with Gasteiger partial charge in [0.1, 0.15) is 6.10 Å². The van der Waals surface area contributed by atoms with E-state index in [9.17, 15) is 4.79 Å². The van der Waals surface area contributed by atoms with Gasteiger partial charge < -0.3 is 15.8 Å². The quantitative estimate of drug-likeness (QED) is 0.711. The van der Waals surface area contributed by atoms with Crippen molar-refractivity contribution in [2.45, 2.75) is 38.8 Å². The standard InChI is InChI=1S/C20H28N4O2/c1-2-24-18(9-11-23-24)19-17(7-4-12-26-19)14-22-10-8-15-5-3-6-16(13-15)20(21)25/h3,5-6,9,11,13,17,19,22H,2,4,7-8,10,12,14H2,1H3,(H2,21,25)/t17-,19+/m0/s1. The number of hydrogen-bond acceptors (Lipinski definition) is 4. The van der Waals surface area contributed by atoms with Gasteiger partial charge in [-0.1, -0.05) is 12.1 Å². The molecule has 6 heteroatoms. The first-order chi connectivity index (χ1) is 12.7. The Morgan fingerprint density at radius 3 is 3.12 bits per heavy atom. The van der Waals surface area contributed by atoms with Gasteiger partial charge in [0.25, 0.3) is 0 Å². The lowest BCUT2D eigenvalue weighted by Gasteiger charge is -2.32. The highest BCUT2D eigenvalue weighted by atomic mass is 16.5. The van der Waals surface area contributed by atoms with Crippen molar-refractivity contribution in [3.05, 3.63) is 53.3 Å². The molecule has 1 aromatic carbocycles. The van der Waals surface area contributed by atoms with Gasteiger partial charge in [0.15, 0.2) is 0 Å². The molecule has 1 aliphatic rings. The highest BCUT2D eigenvalue weighted by Gasteiger charge is 2.29. The van der Waals surface area contributed by atoms with Crippen molar-refractivity contribution in [3.63, 3.8) is 0 Å². The van der Waals surface area contributed by atoms with E-state index >= 15 is 0 Å². The molecule has 140 valence electrons. The highest BCUT2D eigenvalue weighted by Crippen LogP contribution is 2.33. The zero-order valence-corrected chi connectivity index (χ0v) is 15.4. The fraction of sp³-hybridized carbons (Fsp3) is 0.500. The molecular formula is C20H28N4O2. The third kappa shape index (κ3) is 4.51. The first-order valence-corrected chi connectivity index (χ1v) is 9.41. The predicted octanol–water partition coefficient (Wildman–Crippen LogP) is 2.30. The number of nitrogens with one attached hydrogen (secondary N) is 1. The molecule has 2 atom stereocenters. The van der Waals surface area contributed by atoms with E-state index in [1.54, 1.807) is 6.07 Å². The van der Waals surface area contributed by atoms with Gasteiger partial charge in [-0.2, -0.15) is 5.10 Å². The molecule has 6 nitrogen and oxygen atoms in total. The SMILES string of the molecule is CCn1nccc1[C@@H]1OCCC[C@H]1CNCCc1cccc(C(N)=O)c1. The van der Waals surface area contributed by atoms with Crippen LogP contribution in [0.4, 0.5) is 0 Å². The van der Waals surface area contributed by atoms with Gasteiger partial charge in [-0.25, -0.2) is 0 Å². The number of carbonyl (C=O) groups is 1. The minimum absolute atomic E-state index is 0.108. The average molecular weight is 356 g/mol. The second kappa shape index (κ2) is 8.96. The number of primary amides is 1. The Morgan fingerprint density at radius 1 is 1.42 bits per heavy atom. The van der Waals surface area contributed by atoms with Crippen LogP contribution in [0.5, 0.6) is 0 Å². The second-order valence-corrected chi connectivity index (χ2v) is 6.78. The van der Waals surface area contributed by atoms with Crippen molar-refractivity contribution in [1.82, 2.24) is 15.1 Å². The molecule has 3 rings (SSSR count). The normalized spacial score (nSPS) is 20.2. The number of amides is 1. The molecule has 0 saturated carbocycles. The van der Waals surface area contributed by atoms with Crippen molar-refractivity contribution < 1.29 is 9.53 Å². The van der Waals surface area contributed by atoms with E-state index in [4.69, 9.17) is 10.5 Å². The molecule has 1 amide bonds. The molecule has 26 heavy (non-hydrogen) atoms. The van der Waals surface area contributed by atoms with Crippen molar-refractivity contribution >= 4 is 5.91 Å². The van der Waals surface area contributed by atoms with Crippen LogP contribution in [0.25, 0.3) is 0 Å². The van der Waals surface area contributed by atoms with Gasteiger partial charge in [0.05, 0.1) is 5.69 Å². The maximum absolute atomic E-state index is 11.3. The van der Waals surface area contributed by atoms with Crippen LogP contribution in [0.3, 0.4) is 0 Å². The van der Waals surface area contributed by atoms with Gasteiger partial charge in [-0.05, 0) is 56.5 Å². The van der Waals surface area contributed by atoms with Crippen molar-refractivity contribution in [2.75, 3.05) is 19.7 Å². The van der Waals surface area contributed by atoms with Crippen LogP contribution in [0, 0.1) is 5.92 Å². The van der Waals surface area contributed by atoms with Gasteiger partial charge in [-0.3, -0.25) is 9.48 Å². The van der Waals surface area contributed by atoms with E-state index in [0.717, 1.165) is 51.1 Å². The fourth-order valence-electron chi connectivity index (χ4n) is 3.63.